The van der Waals surface area contributed by atoms with Crippen LogP contribution in [0.25, 0.3) is 11.1 Å². The Labute approximate surface area is 150 Å². The third kappa shape index (κ3) is 3.97. The third-order valence-corrected chi connectivity index (χ3v) is 4.44. The maximum atomic E-state index is 13.4. The van der Waals surface area contributed by atoms with Gasteiger partial charge in [-0.2, -0.15) is 0 Å². The highest BCUT2D eigenvalue weighted by Crippen LogP contribution is 2.37. The Balaban J connectivity index is 2.95. The number of ketones is 1. The molecule has 0 bridgehead atoms. The van der Waals surface area contributed by atoms with E-state index in [1.807, 2.05) is 0 Å². The lowest BCUT2D eigenvalue weighted by Gasteiger charge is -2.23. The molecule has 0 spiro atoms. The Hall–Kier alpha value is -2.03. The largest absolute Gasteiger partial charge is 0.294 e. The molecule has 1 aromatic carbocycles. The van der Waals surface area contributed by atoms with Gasteiger partial charge in [0.05, 0.1) is 5.69 Å². The number of benzene rings is 1. The summed E-state index contributed by atoms with van der Waals surface area (Å²) in [6.07, 6.45) is 1.82. The summed E-state index contributed by atoms with van der Waals surface area (Å²) in [7, 11) is 0. The Morgan fingerprint density at radius 3 is 2.04 bits per heavy atom. The average Bonchev–Trinajstić information content (AvgIpc) is 2.54. The summed E-state index contributed by atoms with van der Waals surface area (Å²) in [6.45, 7) is 12.1. The fourth-order valence-electron chi connectivity index (χ4n) is 3.35. The summed E-state index contributed by atoms with van der Waals surface area (Å²) >= 11 is 0. The van der Waals surface area contributed by atoms with Gasteiger partial charge in [0, 0.05) is 11.3 Å². The van der Waals surface area contributed by atoms with E-state index >= 15 is 0 Å². The molecule has 1 heterocycles. The fraction of sp³-hybridized carbons (Fsp3) is 0.455. The number of pyridine rings is 1. The normalized spacial score (nSPS) is 11.4. The number of carbonyl (C=O) groups excluding carboxylic acids is 1. The highest BCUT2D eigenvalue weighted by molar-refractivity contribution is 6.03. The molecule has 0 fully saturated rings. The second kappa shape index (κ2) is 7.90. The first-order valence-electron chi connectivity index (χ1n) is 9.11. The van der Waals surface area contributed by atoms with Crippen LogP contribution < -0.4 is 0 Å². The minimum Gasteiger partial charge on any atom is -0.294 e. The highest BCUT2D eigenvalue weighted by Gasteiger charge is 2.25. The molecule has 2 rings (SSSR count). The topological polar surface area (TPSA) is 30.0 Å². The predicted octanol–water partition coefficient (Wildman–Crippen LogP) is 6.29. The molecule has 0 N–H and O–H groups in total. The van der Waals surface area contributed by atoms with Gasteiger partial charge in [0.1, 0.15) is 5.82 Å². The van der Waals surface area contributed by atoms with E-state index in [1.54, 1.807) is 19.1 Å². The SMILES string of the molecule is CCCc1c(C(C)C)nc(C(C)C)c(C(C)=O)c1-c1ccc(F)cc1. The van der Waals surface area contributed by atoms with E-state index in [4.69, 9.17) is 4.98 Å². The second-order valence-corrected chi connectivity index (χ2v) is 7.23. The Morgan fingerprint density at radius 1 is 1.04 bits per heavy atom. The summed E-state index contributed by atoms with van der Waals surface area (Å²) in [5, 5.41) is 0. The van der Waals surface area contributed by atoms with Crippen molar-refractivity contribution in [3.05, 3.63) is 52.6 Å². The van der Waals surface area contributed by atoms with Crippen molar-refractivity contribution in [3.63, 3.8) is 0 Å². The van der Waals surface area contributed by atoms with E-state index in [9.17, 15) is 9.18 Å². The van der Waals surface area contributed by atoms with Crippen LogP contribution in [0.2, 0.25) is 0 Å². The molecule has 0 saturated carbocycles. The van der Waals surface area contributed by atoms with Crippen molar-refractivity contribution in [1.82, 2.24) is 4.98 Å². The number of carbonyl (C=O) groups is 1. The quantitative estimate of drug-likeness (QED) is 0.578. The summed E-state index contributed by atoms with van der Waals surface area (Å²) in [5.74, 6) is 0.154. The average molecular weight is 341 g/mol. The van der Waals surface area contributed by atoms with Gasteiger partial charge >= 0.3 is 0 Å². The van der Waals surface area contributed by atoms with Gasteiger partial charge in [-0.3, -0.25) is 9.78 Å². The van der Waals surface area contributed by atoms with Crippen molar-refractivity contribution in [2.24, 2.45) is 0 Å². The molecule has 0 saturated heterocycles. The van der Waals surface area contributed by atoms with E-state index in [-0.39, 0.29) is 23.4 Å². The van der Waals surface area contributed by atoms with Crippen molar-refractivity contribution < 1.29 is 9.18 Å². The second-order valence-electron chi connectivity index (χ2n) is 7.23. The summed E-state index contributed by atoms with van der Waals surface area (Å²) < 4.78 is 13.4. The van der Waals surface area contributed by atoms with Crippen molar-refractivity contribution >= 4 is 5.78 Å². The monoisotopic (exact) mass is 341 g/mol. The van der Waals surface area contributed by atoms with Crippen molar-refractivity contribution in [2.45, 2.75) is 66.2 Å². The molecule has 0 aliphatic heterocycles. The van der Waals surface area contributed by atoms with Gasteiger partial charge in [-0.15, -0.1) is 0 Å². The number of nitrogens with zero attached hydrogens (tertiary/aromatic N) is 1. The van der Waals surface area contributed by atoms with Crippen LogP contribution in [0.1, 0.15) is 87.1 Å². The van der Waals surface area contributed by atoms with Crippen LogP contribution in [0.3, 0.4) is 0 Å². The van der Waals surface area contributed by atoms with Gasteiger partial charge in [0.15, 0.2) is 5.78 Å². The lowest BCUT2D eigenvalue weighted by Crippen LogP contribution is -2.14. The van der Waals surface area contributed by atoms with Crippen LogP contribution in [-0.4, -0.2) is 10.8 Å². The zero-order chi connectivity index (χ0) is 18.7. The highest BCUT2D eigenvalue weighted by atomic mass is 19.1. The number of aromatic nitrogens is 1. The van der Waals surface area contributed by atoms with Gasteiger partial charge in [-0.1, -0.05) is 53.2 Å². The number of hydrogen-bond acceptors (Lipinski definition) is 2. The van der Waals surface area contributed by atoms with E-state index in [0.717, 1.165) is 40.9 Å². The molecular weight excluding hydrogens is 313 g/mol. The zero-order valence-corrected chi connectivity index (χ0v) is 16.1. The molecule has 134 valence electrons. The molecule has 2 aromatic rings. The van der Waals surface area contributed by atoms with E-state index < -0.39 is 0 Å². The minimum absolute atomic E-state index is 0.0168. The van der Waals surface area contributed by atoms with Gasteiger partial charge in [-0.05, 0) is 54.0 Å². The molecule has 0 amide bonds. The maximum Gasteiger partial charge on any atom is 0.162 e. The van der Waals surface area contributed by atoms with E-state index in [0.29, 0.717) is 5.56 Å². The molecule has 1 aromatic heterocycles. The number of halogens is 1. The van der Waals surface area contributed by atoms with Gasteiger partial charge < -0.3 is 0 Å². The lowest BCUT2D eigenvalue weighted by molar-refractivity contribution is 0.101. The smallest absolute Gasteiger partial charge is 0.162 e. The molecule has 0 aliphatic rings. The molecule has 3 heteroatoms. The Kier molecular flexibility index (Phi) is 6.10. The predicted molar refractivity (Wildman–Crippen MR) is 102 cm³/mol. The first kappa shape index (κ1) is 19.3. The minimum atomic E-state index is -0.271. The summed E-state index contributed by atoms with van der Waals surface area (Å²) in [4.78, 5) is 17.5. The molecule has 0 unspecified atom stereocenters. The van der Waals surface area contributed by atoms with Crippen LogP contribution >= 0.6 is 0 Å². The van der Waals surface area contributed by atoms with Crippen LogP contribution in [0.5, 0.6) is 0 Å². The van der Waals surface area contributed by atoms with Gasteiger partial charge in [0.2, 0.25) is 0 Å². The van der Waals surface area contributed by atoms with Crippen molar-refractivity contribution in [2.75, 3.05) is 0 Å². The molecule has 25 heavy (non-hydrogen) atoms. The third-order valence-electron chi connectivity index (χ3n) is 4.44. The van der Waals surface area contributed by atoms with Crippen molar-refractivity contribution in [1.29, 1.82) is 0 Å². The fourth-order valence-corrected chi connectivity index (χ4v) is 3.35. The van der Waals surface area contributed by atoms with Gasteiger partial charge in [-0.25, -0.2) is 4.39 Å². The van der Waals surface area contributed by atoms with Crippen LogP contribution in [0.15, 0.2) is 24.3 Å². The van der Waals surface area contributed by atoms with E-state index in [2.05, 4.69) is 34.6 Å². The van der Waals surface area contributed by atoms with Crippen LogP contribution in [-0.2, 0) is 6.42 Å². The zero-order valence-electron chi connectivity index (χ0n) is 16.1. The summed E-state index contributed by atoms with van der Waals surface area (Å²) in [6, 6.07) is 6.45. The molecule has 2 nitrogen and oxygen atoms in total. The Morgan fingerprint density at radius 2 is 1.60 bits per heavy atom. The van der Waals surface area contributed by atoms with Crippen LogP contribution in [0, 0.1) is 5.82 Å². The maximum absolute atomic E-state index is 13.4. The standard InChI is InChI=1S/C22H28FNO/c1-7-8-18-20(16-9-11-17(23)12-10-16)19(15(6)25)22(14(4)5)24-21(18)13(2)3/h9-14H,7-8H2,1-6H3. The lowest BCUT2D eigenvalue weighted by atomic mass is 9.84. The van der Waals surface area contributed by atoms with Gasteiger partial charge in [0.25, 0.3) is 0 Å². The molecule has 0 aliphatic carbocycles. The summed E-state index contributed by atoms with van der Waals surface area (Å²) in [5.41, 5.74) is 5.54. The molecule has 0 atom stereocenters. The molecular formula is C22H28FNO. The number of Topliss-reactive ketones (excluding diaryl/α,β-unsaturated/α-hetero) is 1. The first-order valence-corrected chi connectivity index (χ1v) is 9.11. The van der Waals surface area contributed by atoms with E-state index in [1.165, 1.54) is 12.1 Å². The van der Waals surface area contributed by atoms with Crippen LogP contribution in [0.4, 0.5) is 4.39 Å². The first-order chi connectivity index (χ1) is 11.8. The number of hydrogen-bond donors (Lipinski definition) is 0. The molecule has 0 radical (unpaired) electrons. The van der Waals surface area contributed by atoms with Crippen molar-refractivity contribution in [3.8, 4) is 11.1 Å². The number of rotatable bonds is 6. The Bertz CT molecular complexity index is 761.